The molecule has 0 amide bonds. The molecule has 0 aromatic heterocycles. The smallest absolute Gasteiger partial charge is 0.203 e. The number of nitriles is 1. The molecule has 0 fully saturated rings. The van der Waals surface area contributed by atoms with Gasteiger partial charge in [-0.1, -0.05) is 23.7 Å². The van der Waals surface area contributed by atoms with E-state index in [1.54, 1.807) is 19.1 Å². The maximum Gasteiger partial charge on any atom is 0.203 e. The van der Waals surface area contributed by atoms with Gasteiger partial charge in [-0.3, -0.25) is 0 Å². The van der Waals surface area contributed by atoms with E-state index in [2.05, 4.69) is 6.07 Å². The first-order valence-corrected chi connectivity index (χ1v) is 9.29. The second kappa shape index (κ2) is 5.41. The zero-order chi connectivity index (χ0) is 13.1. The summed E-state index contributed by atoms with van der Waals surface area (Å²) in [6, 6.07) is 9.38. The topological polar surface area (TPSA) is 33.0 Å². The van der Waals surface area contributed by atoms with Crippen LogP contribution in [0.15, 0.2) is 24.3 Å². The molecule has 1 aromatic carbocycles. The Labute approximate surface area is 113 Å². The molecule has 2 nitrogen and oxygen atoms in total. The van der Waals surface area contributed by atoms with E-state index in [-0.39, 0.29) is 0 Å². The molecule has 1 rings (SSSR count). The van der Waals surface area contributed by atoms with Crippen molar-refractivity contribution in [2.24, 2.45) is 0 Å². The number of alkyl halides is 1. The summed E-state index contributed by atoms with van der Waals surface area (Å²) in [7, 11) is -2.03. The van der Waals surface area contributed by atoms with Gasteiger partial charge in [0.1, 0.15) is 6.07 Å². The Balaban J connectivity index is 3.09. The minimum absolute atomic E-state index is 0.449. The molecular formula is C12H15Cl2NOSi. The maximum absolute atomic E-state index is 9.35. The predicted molar refractivity (Wildman–Crippen MR) is 73.7 cm³/mol. The summed E-state index contributed by atoms with van der Waals surface area (Å²) >= 11 is 11.8. The highest BCUT2D eigenvalue weighted by Gasteiger charge is 2.35. The molecule has 5 heteroatoms. The summed E-state index contributed by atoms with van der Waals surface area (Å²) in [6.45, 7) is 5.72. The van der Waals surface area contributed by atoms with Crippen LogP contribution in [0, 0.1) is 11.3 Å². The van der Waals surface area contributed by atoms with Gasteiger partial charge in [0, 0.05) is 10.5 Å². The molecule has 0 saturated heterocycles. The van der Waals surface area contributed by atoms with Crippen LogP contribution in [0.5, 0.6) is 0 Å². The van der Waals surface area contributed by atoms with Gasteiger partial charge in [-0.05, 0) is 37.7 Å². The largest absolute Gasteiger partial charge is 0.395 e. The summed E-state index contributed by atoms with van der Waals surface area (Å²) in [6.07, 6.45) is 0. The number of rotatable bonds is 4. The van der Waals surface area contributed by atoms with Crippen molar-refractivity contribution in [3.63, 3.8) is 0 Å². The van der Waals surface area contributed by atoms with Crippen LogP contribution in [-0.4, -0.2) is 13.8 Å². The fourth-order valence-electron chi connectivity index (χ4n) is 1.51. The van der Waals surface area contributed by atoms with E-state index in [9.17, 15) is 5.26 Å². The highest BCUT2D eigenvalue weighted by molar-refractivity contribution is 6.77. The van der Waals surface area contributed by atoms with E-state index in [4.69, 9.17) is 27.6 Å². The number of nitrogens with zero attached hydrogens (tertiary/aromatic N) is 1. The standard InChI is InChI=1S/C12H15Cl2NOSi/c1-12(8-15,16-17(2,3)9-13)10-5-4-6-11(14)7-10/h4-7H,9H2,1-3H3/t12-/m1/s1. The van der Waals surface area contributed by atoms with Crippen LogP contribution in [0.1, 0.15) is 12.5 Å². The van der Waals surface area contributed by atoms with Crippen LogP contribution in [0.25, 0.3) is 0 Å². The van der Waals surface area contributed by atoms with E-state index in [0.717, 1.165) is 5.56 Å². The van der Waals surface area contributed by atoms with E-state index < -0.39 is 13.9 Å². The molecule has 0 N–H and O–H groups in total. The predicted octanol–water partition coefficient (Wildman–Crippen LogP) is 4.08. The van der Waals surface area contributed by atoms with Gasteiger partial charge in [0.2, 0.25) is 8.32 Å². The monoisotopic (exact) mass is 287 g/mol. The molecule has 0 unspecified atom stereocenters. The van der Waals surface area contributed by atoms with Crippen molar-refractivity contribution < 1.29 is 4.43 Å². The maximum atomic E-state index is 9.35. The van der Waals surface area contributed by atoms with Crippen LogP contribution >= 0.6 is 23.2 Å². The van der Waals surface area contributed by atoms with Crippen molar-refractivity contribution in [1.82, 2.24) is 0 Å². The number of halogens is 2. The SMILES string of the molecule is C[C@](C#N)(O[Si](C)(C)CCl)c1cccc(Cl)c1. The summed E-state index contributed by atoms with van der Waals surface area (Å²) in [5.74, 6) is 0. The minimum atomic E-state index is -2.03. The number of benzene rings is 1. The average Bonchev–Trinajstić information content (AvgIpc) is 2.28. The van der Waals surface area contributed by atoms with Crippen molar-refractivity contribution in [3.8, 4) is 6.07 Å². The molecule has 0 spiro atoms. The Kier molecular flexibility index (Phi) is 4.62. The molecule has 0 heterocycles. The fraction of sp³-hybridized carbons (Fsp3) is 0.417. The minimum Gasteiger partial charge on any atom is -0.395 e. The van der Waals surface area contributed by atoms with Crippen molar-refractivity contribution in [3.05, 3.63) is 34.9 Å². The molecule has 0 radical (unpaired) electrons. The van der Waals surface area contributed by atoms with E-state index in [1.807, 2.05) is 25.2 Å². The third-order valence-electron chi connectivity index (χ3n) is 2.39. The Morgan fingerprint density at radius 1 is 1.47 bits per heavy atom. The van der Waals surface area contributed by atoms with E-state index in [0.29, 0.717) is 10.5 Å². The second-order valence-electron chi connectivity index (χ2n) is 4.65. The molecule has 92 valence electrons. The van der Waals surface area contributed by atoms with Gasteiger partial charge >= 0.3 is 0 Å². The Bertz CT molecular complexity index is 444. The Morgan fingerprint density at radius 3 is 2.59 bits per heavy atom. The van der Waals surface area contributed by atoms with Crippen LogP contribution in [0.4, 0.5) is 0 Å². The lowest BCUT2D eigenvalue weighted by Crippen LogP contribution is -2.42. The molecule has 0 bridgehead atoms. The van der Waals surface area contributed by atoms with Crippen LogP contribution in [-0.2, 0) is 10.0 Å². The van der Waals surface area contributed by atoms with Gasteiger partial charge in [-0.2, -0.15) is 5.26 Å². The third-order valence-corrected chi connectivity index (χ3v) is 6.16. The van der Waals surface area contributed by atoms with Gasteiger partial charge in [0.15, 0.2) is 5.60 Å². The zero-order valence-electron chi connectivity index (χ0n) is 10.1. The highest BCUT2D eigenvalue weighted by Crippen LogP contribution is 2.30. The summed E-state index contributed by atoms with van der Waals surface area (Å²) in [5.41, 5.74) is 0.221. The molecule has 1 atom stereocenters. The number of hydrogen-bond donors (Lipinski definition) is 0. The van der Waals surface area contributed by atoms with Gasteiger partial charge in [-0.15, -0.1) is 11.6 Å². The molecule has 0 aliphatic carbocycles. The van der Waals surface area contributed by atoms with Gasteiger partial charge in [-0.25, -0.2) is 0 Å². The normalized spacial score (nSPS) is 15.1. The molecule has 1 aromatic rings. The molecule has 0 aliphatic heterocycles. The van der Waals surface area contributed by atoms with Crippen LogP contribution < -0.4 is 0 Å². The third kappa shape index (κ3) is 3.72. The zero-order valence-corrected chi connectivity index (χ0v) is 12.6. The molecular weight excluding hydrogens is 273 g/mol. The highest BCUT2D eigenvalue weighted by atomic mass is 35.5. The van der Waals surface area contributed by atoms with Gasteiger partial charge in [0.25, 0.3) is 0 Å². The number of hydrogen-bond acceptors (Lipinski definition) is 2. The van der Waals surface area contributed by atoms with E-state index >= 15 is 0 Å². The van der Waals surface area contributed by atoms with Crippen molar-refractivity contribution in [1.29, 1.82) is 5.26 Å². The van der Waals surface area contributed by atoms with Crippen molar-refractivity contribution in [2.45, 2.75) is 25.6 Å². The summed E-state index contributed by atoms with van der Waals surface area (Å²) in [4.78, 5) is 0. The molecule has 17 heavy (non-hydrogen) atoms. The average molecular weight is 288 g/mol. The quantitative estimate of drug-likeness (QED) is 0.618. The van der Waals surface area contributed by atoms with E-state index in [1.165, 1.54) is 0 Å². The lowest BCUT2D eigenvalue weighted by Gasteiger charge is -2.32. The lowest BCUT2D eigenvalue weighted by atomic mass is 9.98. The molecule has 0 aliphatic rings. The fourth-order valence-corrected chi connectivity index (χ4v) is 3.19. The first kappa shape index (κ1) is 14.5. The Hall–Kier alpha value is -0.533. The van der Waals surface area contributed by atoms with Crippen molar-refractivity contribution >= 4 is 31.5 Å². The molecule has 0 saturated carbocycles. The first-order chi connectivity index (χ1) is 7.83. The first-order valence-electron chi connectivity index (χ1n) is 5.26. The second-order valence-corrected chi connectivity index (χ2v) is 9.88. The summed E-state index contributed by atoms with van der Waals surface area (Å²) < 4.78 is 5.95. The van der Waals surface area contributed by atoms with Crippen LogP contribution in [0.2, 0.25) is 18.1 Å². The van der Waals surface area contributed by atoms with Gasteiger partial charge < -0.3 is 4.43 Å². The van der Waals surface area contributed by atoms with Gasteiger partial charge in [0.05, 0.1) is 0 Å². The van der Waals surface area contributed by atoms with Crippen molar-refractivity contribution in [2.75, 3.05) is 5.50 Å². The Morgan fingerprint density at radius 2 is 2.12 bits per heavy atom. The van der Waals surface area contributed by atoms with Crippen LogP contribution in [0.3, 0.4) is 0 Å². The lowest BCUT2D eigenvalue weighted by molar-refractivity contribution is 0.140. The summed E-state index contributed by atoms with van der Waals surface area (Å²) in [5, 5.41) is 9.94.